The van der Waals surface area contributed by atoms with E-state index in [4.69, 9.17) is 4.74 Å². The zero-order chi connectivity index (χ0) is 16.2. The summed E-state index contributed by atoms with van der Waals surface area (Å²) in [6.07, 6.45) is 2.74. The molecule has 1 aliphatic rings. The van der Waals surface area contributed by atoms with Crippen molar-refractivity contribution < 1.29 is 9.53 Å². The molecule has 1 fully saturated rings. The van der Waals surface area contributed by atoms with Crippen molar-refractivity contribution in [3.05, 3.63) is 44.5 Å². The van der Waals surface area contributed by atoms with Crippen molar-refractivity contribution in [2.45, 2.75) is 25.9 Å². The number of rotatable bonds is 4. The van der Waals surface area contributed by atoms with Gasteiger partial charge in [0, 0.05) is 24.8 Å². The molecule has 1 atom stereocenters. The highest BCUT2D eigenvalue weighted by Crippen LogP contribution is 2.18. The van der Waals surface area contributed by atoms with Gasteiger partial charge in [0.1, 0.15) is 4.88 Å². The summed E-state index contributed by atoms with van der Waals surface area (Å²) >= 11 is 1.37. The fourth-order valence-corrected chi connectivity index (χ4v) is 3.35. The summed E-state index contributed by atoms with van der Waals surface area (Å²) in [6.45, 7) is 3.52. The van der Waals surface area contributed by atoms with Crippen LogP contribution in [-0.4, -0.2) is 51.6 Å². The molecule has 0 saturated carbocycles. The topological polar surface area (TPSA) is 88.2 Å². The molecule has 1 saturated heterocycles. The van der Waals surface area contributed by atoms with E-state index in [0.29, 0.717) is 31.0 Å². The Balaban J connectivity index is 1.59. The van der Waals surface area contributed by atoms with Crippen molar-refractivity contribution in [3.8, 4) is 0 Å². The Hall–Kier alpha value is -2.06. The molecule has 1 N–H and O–H groups in total. The van der Waals surface area contributed by atoms with Crippen LogP contribution in [0.3, 0.4) is 0 Å². The summed E-state index contributed by atoms with van der Waals surface area (Å²) in [6, 6.07) is 1.49. The van der Waals surface area contributed by atoms with Gasteiger partial charge in [0.05, 0.1) is 30.2 Å². The van der Waals surface area contributed by atoms with Gasteiger partial charge in [-0.25, -0.2) is 9.97 Å². The Bertz CT molecular complexity index is 742. The van der Waals surface area contributed by atoms with Crippen molar-refractivity contribution in [2.24, 2.45) is 0 Å². The molecule has 3 rings (SSSR count). The van der Waals surface area contributed by atoms with Crippen LogP contribution in [-0.2, 0) is 11.2 Å². The second-order valence-electron chi connectivity index (χ2n) is 5.45. The molecule has 0 unspecified atom stereocenters. The molecule has 3 heterocycles. The molecule has 7 nitrogen and oxygen atoms in total. The van der Waals surface area contributed by atoms with Crippen molar-refractivity contribution in [3.63, 3.8) is 0 Å². The summed E-state index contributed by atoms with van der Waals surface area (Å²) in [5.74, 6) is 0.0209. The van der Waals surface area contributed by atoms with Crippen LogP contribution < -0.4 is 5.56 Å². The first-order valence-electron chi connectivity index (χ1n) is 7.48. The molecular formula is C15H18N4O3S. The van der Waals surface area contributed by atoms with Crippen LogP contribution in [0.25, 0.3) is 0 Å². The SMILES string of the molecule is Cc1ncsc1C(=O)N1CCO[C@@H](CCc2cc(=O)[nH]cn2)C1. The molecule has 0 aliphatic carbocycles. The maximum Gasteiger partial charge on any atom is 0.266 e. The van der Waals surface area contributed by atoms with Crippen LogP contribution in [0.2, 0.25) is 0 Å². The number of carbonyl (C=O) groups excluding carboxylic acids is 1. The first-order chi connectivity index (χ1) is 11.1. The number of hydrogen-bond donors (Lipinski definition) is 1. The lowest BCUT2D eigenvalue weighted by molar-refractivity contribution is -0.0245. The zero-order valence-corrected chi connectivity index (χ0v) is 13.6. The number of thiazole rings is 1. The van der Waals surface area contributed by atoms with E-state index in [1.807, 2.05) is 11.8 Å². The summed E-state index contributed by atoms with van der Waals surface area (Å²) in [4.78, 5) is 37.1. The molecule has 0 bridgehead atoms. The van der Waals surface area contributed by atoms with E-state index >= 15 is 0 Å². The monoisotopic (exact) mass is 334 g/mol. The zero-order valence-electron chi connectivity index (χ0n) is 12.8. The molecule has 2 aromatic rings. The number of H-pyrrole nitrogens is 1. The maximum atomic E-state index is 12.5. The molecule has 2 aromatic heterocycles. The van der Waals surface area contributed by atoms with Gasteiger partial charge in [-0.15, -0.1) is 11.3 Å². The first kappa shape index (κ1) is 15.8. The Labute approximate surface area is 137 Å². The van der Waals surface area contributed by atoms with Gasteiger partial charge in [0.25, 0.3) is 11.5 Å². The normalized spacial score (nSPS) is 18.1. The van der Waals surface area contributed by atoms with Crippen LogP contribution >= 0.6 is 11.3 Å². The standard InChI is InChI=1S/C15H18N4O3S/c1-10-14(23-9-18-10)15(21)19-4-5-22-12(7-19)3-2-11-6-13(20)17-8-16-11/h6,8-9,12H,2-5,7H2,1H3,(H,16,17,20)/t12-/m0/s1. The lowest BCUT2D eigenvalue weighted by Gasteiger charge is -2.32. The van der Waals surface area contributed by atoms with Crippen LogP contribution in [0.1, 0.15) is 27.5 Å². The largest absolute Gasteiger partial charge is 0.375 e. The van der Waals surface area contributed by atoms with Gasteiger partial charge in [-0.05, 0) is 19.8 Å². The molecule has 1 aliphatic heterocycles. The van der Waals surface area contributed by atoms with Crippen molar-refractivity contribution in [1.29, 1.82) is 0 Å². The highest BCUT2D eigenvalue weighted by molar-refractivity contribution is 7.11. The maximum absolute atomic E-state index is 12.5. The average molecular weight is 334 g/mol. The quantitative estimate of drug-likeness (QED) is 0.901. The third-order valence-corrected chi connectivity index (χ3v) is 4.74. The minimum absolute atomic E-state index is 0.0209. The fraction of sp³-hybridized carbons (Fsp3) is 0.467. The number of aryl methyl sites for hydroxylation is 2. The second kappa shape index (κ2) is 7.01. The fourth-order valence-electron chi connectivity index (χ4n) is 2.58. The van der Waals surface area contributed by atoms with Crippen LogP contribution in [0.15, 0.2) is 22.7 Å². The van der Waals surface area contributed by atoms with E-state index in [9.17, 15) is 9.59 Å². The Morgan fingerprint density at radius 1 is 1.52 bits per heavy atom. The Morgan fingerprint density at radius 3 is 3.13 bits per heavy atom. The molecule has 0 spiro atoms. The van der Waals surface area contributed by atoms with E-state index in [2.05, 4.69) is 15.0 Å². The summed E-state index contributed by atoms with van der Waals surface area (Å²) in [5, 5.41) is 0. The van der Waals surface area contributed by atoms with Crippen molar-refractivity contribution >= 4 is 17.2 Å². The number of nitrogens with zero attached hydrogens (tertiary/aromatic N) is 3. The predicted molar refractivity (Wildman–Crippen MR) is 85.7 cm³/mol. The average Bonchev–Trinajstić information content (AvgIpc) is 2.99. The minimum atomic E-state index is -0.156. The van der Waals surface area contributed by atoms with E-state index < -0.39 is 0 Å². The Kier molecular flexibility index (Phi) is 4.82. The number of nitrogens with one attached hydrogen (secondary N) is 1. The number of ether oxygens (including phenoxy) is 1. The number of aromatic amines is 1. The first-order valence-corrected chi connectivity index (χ1v) is 8.36. The molecule has 23 heavy (non-hydrogen) atoms. The lowest BCUT2D eigenvalue weighted by Crippen LogP contribution is -2.45. The summed E-state index contributed by atoms with van der Waals surface area (Å²) in [5.41, 5.74) is 3.05. The Morgan fingerprint density at radius 2 is 2.39 bits per heavy atom. The third kappa shape index (κ3) is 3.83. The number of hydrogen-bond acceptors (Lipinski definition) is 6. The van der Waals surface area contributed by atoms with E-state index in [1.54, 1.807) is 5.51 Å². The van der Waals surface area contributed by atoms with Gasteiger partial charge in [-0.1, -0.05) is 0 Å². The molecule has 0 aromatic carbocycles. The number of aromatic nitrogens is 3. The highest BCUT2D eigenvalue weighted by atomic mass is 32.1. The van der Waals surface area contributed by atoms with Gasteiger partial charge >= 0.3 is 0 Å². The molecule has 8 heteroatoms. The van der Waals surface area contributed by atoms with E-state index in [-0.39, 0.29) is 17.6 Å². The van der Waals surface area contributed by atoms with Crippen molar-refractivity contribution in [2.75, 3.05) is 19.7 Å². The smallest absolute Gasteiger partial charge is 0.266 e. The van der Waals surface area contributed by atoms with Crippen LogP contribution in [0, 0.1) is 6.92 Å². The minimum Gasteiger partial charge on any atom is -0.375 e. The summed E-state index contributed by atoms with van der Waals surface area (Å²) < 4.78 is 5.74. The van der Waals surface area contributed by atoms with E-state index in [0.717, 1.165) is 17.8 Å². The second-order valence-corrected chi connectivity index (χ2v) is 6.31. The van der Waals surface area contributed by atoms with Crippen LogP contribution in [0.4, 0.5) is 0 Å². The number of morpholine rings is 1. The molecular weight excluding hydrogens is 316 g/mol. The van der Waals surface area contributed by atoms with Gasteiger partial charge in [-0.3, -0.25) is 9.59 Å². The van der Waals surface area contributed by atoms with E-state index in [1.165, 1.54) is 23.7 Å². The van der Waals surface area contributed by atoms with Gasteiger partial charge < -0.3 is 14.6 Å². The van der Waals surface area contributed by atoms with Crippen LogP contribution in [0.5, 0.6) is 0 Å². The van der Waals surface area contributed by atoms with Gasteiger partial charge in [-0.2, -0.15) is 0 Å². The molecule has 1 amide bonds. The molecule has 122 valence electrons. The van der Waals surface area contributed by atoms with Crippen molar-refractivity contribution in [1.82, 2.24) is 19.9 Å². The third-order valence-electron chi connectivity index (χ3n) is 3.82. The van der Waals surface area contributed by atoms with Gasteiger partial charge in [0.15, 0.2) is 0 Å². The van der Waals surface area contributed by atoms with Gasteiger partial charge in [0.2, 0.25) is 0 Å². The predicted octanol–water partition coefficient (Wildman–Crippen LogP) is 1.01. The molecule has 0 radical (unpaired) electrons. The number of carbonyl (C=O) groups is 1. The lowest BCUT2D eigenvalue weighted by atomic mass is 10.1. The summed E-state index contributed by atoms with van der Waals surface area (Å²) in [7, 11) is 0. The highest BCUT2D eigenvalue weighted by Gasteiger charge is 2.26. The number of amides is 1.